The van der Waals surface area contributed by atoms with Crippen LogP contribution in [0.15, 0.2) is 18.2 Å². The van der Waals surface area contributed by atoms with Gasteiger partial charge in [0.05, 0.1) is 6.61 Å². The van der Waals surface area contributed by atoms with Crippen LogP contribution in [0.5, 0.6) is 0 Å². The molecular formula is C9H10FNO3. The highest BCUT2D eigenvalue weighted by molar-refractivity contribution is 5.75. The molecule has 0 radical (unpaired) electrons. The van der Waals surface area contributed by atoms with Crippen molar-refractivity contribution in [2.45, 2.75) is 12.6 Å². The number of carboxylic acid groups (broad SMARTS) is 1. The number of aliphatic carboxylic acids is 1. The molecule has 0 aromatic heterocycles. The largest absolute Gasteiger partial charge is 0.480 e. The molecule has 0 saturated heterocycles. The zero-order valence-corrected chi connectivity index (χ0v) is 7.27. The highest BCUT2D eigenvalue weighted by Gasteiger charge is 2.18. The molecule has 0 aliphatic heterocycles. The van der Waals surface area contributed by atoms with E-state index in [-0.39, 0.29) is 12.2 Å². The first-order chi connectivity index (χ1) is 6.56. The number of nitrogens with two attached hydrogens (primary N) is 1. The van der Waals surface area contributed by atoms with Crippen LogP contribution >= 0.6 is 0 Å². The molecule has 0 saturated carbocycles. The molecule has 1 rings (SSSR count). The lowest BCUT2D eigenvalue weighted by Crippen LogP contribution is -2.21. The van der Waals surface area contributed by atoms with Crippen molar-refractivity contribution in [1.29, 1.82) is 0 Å². The first-order valence-corrected chi connectivity index (χ1v) is 3.94. The van der Waals surface area contributed by atoms with Gasteiger partial charge >= 0.3 is 5.97 Å². The number of benzene rings is 1. The van der Waals surface area contributed by atoms with E-state index in [9.17, 15) is 9.18 Å². The first kappa shape index (κ1) is 10.6. The van der Waals surface area contributed by atoms with Crippen LogP contribution < -0.4 is 5.73 Å². The van der Waals surface area contributed by atoms with E-state index in [2.05, 4.69) is 0 Å². The quantitative estimate of drug-likeness (QED) is 0.658. The molecule has 1 aromatic rings. The summed E-state index contributed by atoms with van der Waals surface area (Å²) in [6, 6.07) is 2.39. The van der Waals surface area contributed by atoms with Crippen LogP contribution in [0.2, 0.25) is 0 Å². The van der Waals surface area contributed by atoms with Crippen molar-refractivity contribution >= 4 is 5.97 Å². The summed E-state index contributed by atoms with van der Waals surface area (Å²) in [5, 5.41) is 17.2. The van der Waals surface area contributed by atoms with Gasteiger partial charge in [0.15, 0.2) is 0 Å². The van der Waals surface area contributed by atoms with E-state index in [1.807, 2.05) is 0 Å². The van der Waals surface area contributed by atoms with Gasteiger partial charge < -0.3 is 15.9 Å². The summed E-state index contributed by atoms with van der Waals surface area (Å²) in [7, 11) is 0. The minimum atomic E-state index is -1.37. The molecule has 14 heavy (non-hydrogen) atoms. The van der Waals surface area contributed by atoms with Crippen molar-refractivity contribution in [3.8, 4) is 0 Å². The van der Waals surface area contributed by atoms with E-state index in [1.165, 1.54) is 12.1 Å². The van der Waals surface area contributed by atoms with Crippen LogP contribution in [-0.4, -0.2) is 16.2 Å². The maximum Gasteiger partial charge on any atom is 0.325 e. The summed E-state index contributed by atoms with van der Waals surface area (Å²) in [5.74, 6) is -2.01. The Labute approximate surface area is 79.8 Å². The van der Waals surface area contributed by atoms with Crippen molar-refractivity contribution in [2.75, 3.05) is 0 Å². The Balaban J connectivity index is 3.05. The molecule has 0 amide bonds. The zero-order chi connectivity index (χ0) is 10.7. The van der Waals surface area contributed by atoms with Crippen LogP contribution in [0.1, 0.15) is 17.2 Å². The molecule has 5 heteroatoms. The molecule has 0 spiro atoms. The van der Waals surface area contributed by atoms with Gasteiger partial charge in [0.2, 0.25) is 0 Å². The Morgan fingerprint density at radius 3 is 2.64 bits per heavy atom. The van der Waals surface area contributed by atoms with Gasteiger partial charge in [-0.15, -0.1) is 0 Å². The summed E-state index contributed by atoms with van der Waals surface area (Å²) in [6.07, 6.45) is 0. The lowest BCUT2D eigenvalue weighted by molar-refractivity contribution is -0.138. The molecule has 0 aliphatic rings. The average molecular weight is 199 g/mol. The van der Waals surface area contributed by atoms with Gasteiger partial charge in [0.1, 0.15) is 11.9 Å². The average Bonchev–Trinajstić information content (AvgIpc) is 2.16. The highest BCUT2D eigenvalue weighted by Crippen LogP contribution is 2.16. The Morgan fingerprint density at radius 2 is 2.21 bits per heavy atom. The third kappa shape index (κ3) is 2.07. The van der Waals surface area contributed by atoms with Crippen LogP contribution in [0.25, 0.3) is 0 Å². The first-order valence-electron chi connectivity index (χ1n) is 3.94. The van der Waals surface area contributed by atoms with Gasteiger partial charge in [-0.1, -0.05) is 12.1 Å². The van der Waals surface area contributed by atoms with Crippen molar-refractivity contribution < 1.29 is 19.4 Å². The Bertz CT molecular complexity index is 354. The third-order valence-corrected chi connectivity index (χ3v) is 1.85. The van der Waals surface area contributed by atoms with E-state index < -0.39 is 17.8 Å². The molecule has 4 N–H and O–H groups in total. The third-order valence-electron chi connectivity index (χ3n) is 1.85. The molecule has 4 nitrogen and oxygen atoms in total. The number of hydrogen-bond acceptors (Lipinski definition) is 3. The molecule has 0 aliphatic carbocycles. The lowest BCUT2D eigenvalue weighted by Gasteiger charge is -2.08. The SMILES string of the molecule is N[C@H](C(=O)O)c1ccc(CO)cc1F. The number of carboxylic acids is 1. The second kappa shape index (κ2) is 4.17. The van der Waals surface area contributed by atoms with E-state index >= 15 is 0 Å². The van der Waals surface area contributed by atoms with Crippen LogP contribution in [-0.2, 0) is 11.4 Å². The summed E-state index contributed by atoms with van der Waals surface area (Å²) in [5.41, 5.74) is 5.52. The fraction of sp³-hybridized carbons (Fsp3) is 0.222. The minimum Gasteiger partial charge on any atom is -0.480 e. The molecule has 0 bridgehead atoms. The van der Waals surface area contributed by atoms with E-state index in [1.54, 1.807) is 0 Å². The second-order valence-electron chi connectivity index (χ2n) is 2.83. The number of aliphatic hydroxyl groups is 1. The molecule has 1 atom stereocenters. The van der Waals surface area contributed by atoms with E-state index in [0.717, 1.165) is 6.07 Å². The van der Waals surface area contributed by atoms with Gasteiger partial charge in [0.25, 0.3) is 0 Å². The van der Waals surface area contributed by atoms with Gasteiger partial charge in [-0.05, 0) is 11.6 Å². The fourth-order valence-corrected chi connectivity index (χ4v) is 1.05. The Hall–Kier alpha value is -1.46. The molecule has 0 unspecified atom stereocenters. The number of aliphatic hydroxyl groups excluding tert-OH is 1. The monoisotopic (exact) mass is 199 g/mol. The topological polar surface area (TPSA) is 83.6 Å². The summed E-state index contributed by atoms with van der Waals surface area (Å²) in [4.78, 5) is 10.5. The van der Waals surface area contributed by atoms with Crippen LogP contribution in [0, 0.1) is 5.82 Å². The predicted molar refractivity (Wildman–Crippen MR) is 46.9 cm³/mol. The van der Waals surface area contributed by atoms with Gasteiger partial charge in [0, 0.05) is 5.56 Å². The maximum atomic E-state index is 13.2. The molecule has 1 aromatic carbocycles. The van der Waals surface area contributed by atoms with Crippen LogP contribution in [0.3, 0.4) is 0 Å². The number of carbonyl (C=O) groups is 1. The maximum absolute atomic E-state index is 13.2. The van der Waals surface area contributed by atoms with Crippen molar-refractivity contribution in [1.82, 2.24) is 0 Å². The Morgan fingerprint density at radius 1 is 1.57 bits per heavy atom. The molecular weight excluding hydrogens is 189 g/mol. The smallest absolute Gasteiger partial charge is 0.325 e. The van der Waals surface area contributed by atoms with Gasteiger partial charge in [-0.3, -0.25) is 4.79 Å². The normalized spacial score (nSPS) is 12.5. The van der Waals surface area contributed by atoms with E-state index in [0.29, 0.717) is 5.56 Å². The zero-order valence-electron chi connectivity index (χ0n) is 7.27. The molecule has 0 fully saturated rings. The standard InChI is InChI=1S/C9H10FNO3/c10-7-3-5(4-12)1-2-6(7)8(11)9(13)14/h1-3,8,12H,4,11H2,(H,13,14)/t8-/m0/s1. The number of halogens is 1. The minimum absolute atomic E-state index is 0.0882. The second-order valence-corrected chi connectivity index (χ2v) is 2.83. The van der Waals surface area contributed by atoms with Crippen molar-refractivity contribution in [3.05, 3.63) is 35.1 Å². The van der Waals surface area contributed by atoms with E-state index in [4.69, 9.17) is 15.9 Å². The summed E-state index contributed by atoms with van der Waals surface area (Å²) < 4.78 is 13.2. The lowest BCUT2D eigenvalue weighted by atomic mass is 10.1. The molecule has 0 heterocycles. The van der Waals surface area contributed by atoms with Crippen molar-refractivity contribution in [3.63, 3.8) is 0 Å². The van der Waals surface area contributed by atoms with Crippen molar-refractivity contribution in [2.24, 2.45) is 5.73 Å². The fourth-order valence-electron chi connectivity index (χ4n) is 1.05. The van der Waals surface area contributed by atoms with Crippen LogP contribution in [0.4, 0.5) is 4.39 Å². The molecule has 76 valence electrons. The Kier molecular flexibility index (Phi) is 3.16. The number of hydrogen-bond donors (Lipinski definition) is 3. The summed E-state index contributed by atoms with van der Waals surface area (Å²) >= 11 is 0. The number of rotatable bonds is 3. The predicted octanol–water partition coefficient (Wildman–Crippen LogP) is 0.402. The highest BCUT2D eigenvalue weighted by atomic mass is 19.1. The summed E-state index contributed by atoms with van der Waals surface area (Å²) in [6.45, 7) is -0.292. The van der Waals surface area contributed by atoms with Gasteiger partial charge in [-0.25, -0.2) is 4.39 Å². The van der Waals surface area contributed by atoms with Gasteiger partial charge in [-0.2, -0.15) is 0 Å².